The summed E-state index contributed by atoms with van der Waals surface area (Å²) >= 11 is 0. The second kappa shape index (κ2) is 12.0. The van der Waals surface area contributed by atoms with Crippen molar-refractivity contribution < 1.29 is 9.53 Å². The van der Waals surface area contributed by atoms with Gasteiger partial charge in [0.15, 0.2) is 5.96 Å². The van der Waals surface area contributed by atoms with Crippen molar-refractivity contribution in [1.82, 2.24) is 20.4 Å². The lowest BCUT2D eigenvalue weighted by Gasteiger charge is -2.36. The molecule has 0 unspecified atom stereocenters. The smallest absolute Gasteiger partial charge is 0.243 e. The van der Waals surface area contributed by atoms with Gasteiger partial charge in [0.25, 0.3) is 0 Å². The van der Waals surface area contributed by atoms with Gasteiger partial charge >= 0.3 is 0 Å². The third-order valence-corrected chi connectivity index (χ3v) is 5.03. The van der Waals surface area contributed by atoms with E-state index in [0.717, 1.165) is 57.9 Å². The molecule has 2 rings (SSSR count). The van der Waals surface area contributed by atoms with Crippen molar-refractivity contribution in [3.63, 3.8) is 0 Å². The lowest BCUT2D eigenvalue weighted by atomic mass is 10.0. The van der Waals surface area contributed by atoms with Crippen molar-refractivity contribution >= 4 is 35.8 Å². The number of halogens is 1. The highest BCUT2D eigenvalue weighted by molar-refractivity contribution is 14.0. The Balaban J connectivity index is 0.00000338. The predicted molar refractivity (Wildman–Crippen MR) is 116 cm³/mol. The molecule has 0 aromatic heterocycles. The zero-order valence-electron chi connectivity index (χ0n) is 16.7. The molecule has 2 aliphatic heterocycles. The summed E-state index contributed by atoms with van der Waals surface area (Å²) in [5.74, 6) is 0.785. The van der Waals surface area contributed by atoms with E-state index in [1.54, 1.807) is 19.0 Å². The molecule has 0 atom stereocenters. The Bertz CT molecular complexity index is 445. The minimum atomic E-state index is 0. The number of nitrogens with zero attached hydrogens (tertiary/aromatic N) is 3. The molecule has 0 bridgehead atoms. The molecule has 0 saturated carbocycles. The summed E-state index contributed by atoms with van der Waals surface area (Å²) in [5, 5.41) is 7.06. The first-order valence-electron chi connectivity index (χ1n) is 9.55. The average Bonchev–Trinajstić information content (AvgIpc) is 2.60. The molecule has 0 radical (unpaired) electrons. The summed E-state index contributed by atoms with van der Waals surface area (Å²) in [6.07, 6.45) is 4.17. The Morgan fingerprint density at radius 3 is 2.15 bits per heavy atom. The molecule has 0 aromatic carbocycles. The van der Waals surface area contributed by atoms with E-state index in [9.17, 15) is 4.79 Å². The maximum atomic E-state index is 11.9. The van der Waals surface area contributed by atoms with E-state index in [1.807, 2.05) is 0 Å². The van der Waals surface area contributed by atoms with Crippen LogP contribution in [0.1, 0.15) is 39.5 Å². The molecule has 2 saturated heterocycles. The molecule has 0 aliphatic carbocycles. The van der Waals surface area contributed by atoms with Crippen molar-refractivity contribution in [2.75, 3.05) is 46.9 Å². The fourth-order valence-corrected chi connectivity index (χ4v) is 3.21. The van der Waals surface area contributed by atoms with Crippen LogP contribution >= 0.6 is 24.0 Å². The molecule has 7 nitrogen and oxygen atoms in total. The van der Waals surface area contributed by atoms with E-state index in [4.69, 9.17) is 4.74 Å². The first kappa shape index (κ1) is 23.4. The Morgan fingerprint density at radius 1 is 1.12 bits per heavy atom. The number of carbonyl (C=O) groups is 1. The molecular formula is C18H36IN5O2. The molecular weight excluding hydrogens is 445 g/mol. The van der Waals surface area contributed by atoms with Crippen LogP contribution in [0.2, 0.25) is 0 Å². The number of likely N-dealkylation sites (tertiary alicyclic amines) is 1. The molecule has 26 heavy (non-hydrogen) atoms. The molecule has 1 amide bonds. The van der Waals surface area contributed by atoms with Gasteiger partial charge in [0.05, 0.1) is 0 Å². The average molecular weight is 481 g/mol. The Hall–Kier alpha value is -0.610. The second-order valence-corrected chi connectivity index (χ2v) is 7.53. The van der Waals surface area contributed by atoms with E-state index in [2.05, 4.69) is 34.4 Å². The number of rotatable bonds is 5. The lowest BCUT2D eigenvalue weighted by Crippen LogP contribution is -2.52. The summed E-state index contributed by atoms with van der Waals surface area (Å²) < 4.78 is 5.43. The molecule has 8 heteroatoms. The van der Waals surface area contributed by atoms with Gasteiger partial charge in [-0.1, -0.05) is 0 Å². The van der Waals surface area contributed by atoms with Crippen LogP contribution < -0.4 is 10.6 Å². The Labute approximate surface area is 175 Å². The van der Waals surface area contributed by atoms with Gasteiger partial charge in [-0.3, -0.25) is 4.79 Å². The maximum Gasteiger partial charge on any atom is 0.243 e. The first-order valence-corrected chi connectivity index (χ1v) is 9.55. The van der Waals surface area contributed by atoms with Crippen molar-refractivity contribution in [2.24, 2.45) is 4.99 Å². The van der Waals surface area contributed by atoms with E-state index in [-0.39, 0.29) is 36.4 Å². The van der Waals surface area contributed by atoms with Crippen LogP contribution in [-0.2, 0) is 9.53 Å². The van der Waals surface area contributed by atoms with Crippen LogP contribution in [0.25, 0.3) is 0 Å². The number of ether oxygens (including phenoxy) is 1. The fourth-order valence-electron chi connectivity index (χ4n) is 3.21. The van der Waals surface area contributed by atoms with Crippen LogP contribution in [0.4, 0.5) is 0 Å². The highest BCUT2D eigenvalue weighted by atomic mass is 127. The van der Waals surface area contributed by atoms with Gasteiger partial charge in [0, 0.05) is 58.5 Å². The summed E-state index contributed by atoms with van der Waals surface area (Å²) in [6, 6.07) is 1.38. The second-order valence-electron chi connectivity index (χ2n) is 7.53. The van der Waals surface area contributed by atoms with Crippen molar-refractivity contribution in [1.29, 1.82) is 0 Å². The minimum Gasteiger partial charge on any atom is -0.381 e. The SMILES string of the molecule is CC(C)N1CCC(NC(=NCC(=O)N(C)C)NC2CCOCC2)CC1.I. The quantitative estimate of drug-likeness (QED) is 0.352. The van der Waals surface area contributed by atoms with Crippen LogP contribution in [0, 0.1) is 0 Å². The number of aliphatic imine (C=N–C) groups is 1. The van der Waals surface area contributed by atoms with Crippen molar-refractivity contribution in [3.05, 3.63) is 0 Å². The van der Waals surface area contributed by atoms with E-state index >= 15 is 0 Å². The van der Waals surface area contributed by atoms with Gasteiger partial charge in [-0.15, -0.1) is 24.0 Å². The van der Waals surface area contributed by atoms with Crippen LogP contribution in [0.15, 0.2) is 4.99 Å². The number of likely N-dealkylation sites (N-methyl/N-ethyl adjacent to an activating group) is 1. The topological polar surface area (TPSA) is 69.2 Å². The van der Waals surface area contributed by atoms with Crippen LogP contribution in [0.5, 0.6) is 0 Å². The van der Waals surface area contributed by atoms with Gasteiger partial charge in [-0.25, -0.2) is 4.99 Å². The number of hydrogen-bond acceptors (Lipinski definition) is 4. The number of piperidine rings is 1. The summed E-state index contributed by atoms with van der Waals surface area (Å²) in [5.41, 5.74) is 0. The molecule has 0 spiro atoms. The van der Waals surface area contributed by atoms with Crippen LogP contribution in [-0.4, -0.2) is 86.7 Å². The molecule has 152 valence electrons. The van der Waals surface area contributed by atoms with Gasteiger partial charge < -0.3 is 25.2 Å². The normalized spacial score (nSPS) is 20.6. The lowest BCUT2D eigenvalue weighted by molar-refractivity contribution is -0.127. The molecule has 2 fully saturated rings. The maximum absolute atomic E-state index is 11.9. The highest BCUT2D eigenvalue weighted by Gasteiger charge is 2.23. The Morgan fingerprint density at radius 2 is 1.65 bits per heavy atom. The number of guanidine groups is 1. The molecule has 2 aliphatic rings. The monoisotopic (exact) mass is 481 g/mol. The number of amides is 1. The largest absolute Gasteiger partial charge is 0.381 e. The number of carbonyl (C=O) groups excluding carboxylic acids is 1. The zero-order valence-corrected chi connectivity index (χ0v) is 19.0. The van der Waals surface area contributed by atoms with Crippen molar-refractivity contribution in [2.45, 2.75) is 57.7 Å². The summed E-state index contributed by atoms with van der Waals surface area (Å²) in [6.45, 7) is 8.46. The highest BCUT2D eigenvalue weighted by Crippen LogP contribution is 2.13. The minimum absolute atomic E-state index is 0. The summed E-state index contributed by atoms with van der Waals surface area (Å²) in [7, 11) is 3.52. The molecule has 0 aromatic rings. The van der Waals surface area contributed by atoms with Gasteiger partial charge in [-0.2, -0.15) is 0 Å². The Kier molecular flexibility index (Phi) is 10.8. The number of nitrogens with one attached hydrogen (secondary N) is 2. The standard InChI is InChI=1S/C18H35N5O2.HI/c1-14(2)23-9-5-15(6-10-23)20-18(19-13-17(24)22(3)4)21-16-7-11-25-12-8-16;/h14-16H,5-13H2,1-4H3,(H2,19,20,21);1H. The predicted octanol–water partition coefficient (Wildman–Crippen LogP) is 1.28. The summed E-state index contributed by atoms with van der Waals surface area (Å²) in [4.78, 5) is 20.5. The first-order chi connectivity index (χ1) is 12.0. The van der Waals surface area contributed by atoms with Gasteiger partial charge in [-0.05, 0) is 39.5 Å². The molecule has 2 heterocycles. The van der Waals surface area contributed by atoms with Crippen molar-refractivity contribution in [3.8, 4) is 0 Å². The van der Waals surface area contributed by atoms with E-state index in [0.29, 0.717) is 18.1 Å². The number of hydrogen-bond donors (Lipinski definition) is 2. The molecule has 2 N–H and O–H groups in total. The van der Waals surface area contributed by atoms with E-state index < -0.39 is 0 Å². The van der Waals surface area contributed by atoms with Gasteiger partial charge in [0.2, 0.25) is 5.91 Å². The third-order valence-electron chi connectivity index (χ3n) is 5.03. The fraction of sp³-hybridized carbons (Fsp3) is 0.889. The third kappa shape index (κ3) is 7.96. The zero-order chi connectivity index (χ0) is 18.2. The van der Waals surface area contributed by atoms with Crippen LogP contribution in [0.3, 0.4) is 0 Å². The van der Waals surface area contributed by atoms with Gasteiger partial charge in [0.1, 0.15) is 6.54 Å². The van der Waals surface area contributed by atoms with E-state index in [1.165, 1.54) is 0 Å².